The maximum absolute atomic E-state index is 12.3. The lowest BCUT2D eigenvalue weighted by molar-refractivity contribution is -0.134. The molecule has 0 radical (unpaired) electrons. The van der Waals surface area contributed by atoms with Gasteiger partial charge in [-0.3, -0.25) is 4.79 Å². The molecule has 1 amide bonds. The molecule has 0 aromatic rings. The Morgan fingerprint density at radius 1 is 1.67 bits per heavy atom. The van der Waals surface area contributed by atoms with E-state index in [-0.39, 0.29) is 11.5 Å². The summed E-state index contributed by atoms with van der Waals surface area (Å²) in [7, 11) is 0. The maximum atomic E-state index is 12.3. The lowest BCUT2D eigenvalue weighted by Crippen LogP contribution is -2.38. The Labute approximate surface area is 77.8 Å². The Bertz CT molecular complexity index is 212. The number of hydrogen-bond acceptors (Lipinski definition) is 1. The average Bonchev–Trinajstić information content (AvgIpc) is 2.36. The number of amides is 1. The van der Waals surface area contributed by atoms with E-state index >= 15 is 0 Å². The molecule has 1 rings (SSSR count). The van der Waals surface area contributed by atoms with Crippen LogP contribution in [0.15, 0.2) is 0 Å². The number of carbonyl (C=O) groups excluding carboxylic acids is 1. The van der Waals surface area contributed by atoms with Crippen molar-refractivity contribution in [2.24, 2.45) is 5.41 Å². The maximum Gasteiger partial charge on any atom is 0.377 e. The Morgan fingerprint density at radius 2 is 2.08 bits per heavy atom. The number of nitrogens with one attached hydrogen (secondary N) is 1. The van der Waals surface area contributed by atoms with E-state index in [9.17, 15) is 13.6 Å². The summed E-state index contributed by atoms with van der Waals surface area (Å²) in [4.78, 5) is 7.26. The molecule has 5 heteroatoms. The monoisotopic (exact) mass is 241 g/mol. The first-order valence-corrected chi connectivity index (χ1v) is 4.40. The van der Waals surface area contributed by atoms with E-state index < -0.39 is 10.7 Å². The molecule has 0 aromatic heterocycles. The van der Waals surface area contributed by atoms with Crippen LogP contribution >= 0.6 is 15.9 Å². The van der Waals surface area contributed by atoms with Gasteiger partial charge in [0.05, 0.1) is 0 Å². The van der Waals surface area contributed by atoms with E-state index in [1.165, 1.54) is 0 Å². The minimum Gasteiger partial charge on any atom is -0.347 e. The van der Waals surface area contributed by atoms with Crippen LogP contribution in [0.4, 0.5) is 8.78 Å². The van der Waals surface area contributed by atoms with Crippen molar-refractivity contribution >= 4 is 21.8 Å². The minimum absolute atomic E-state index is 0.0199. The third-order valence-electron chi connectivity index (χ3n) is 2.08. The van der Waals surface area contributed by atoms with Gasteiger partial charge in [0.25, 0.3) is 0 Å². The van der Waals surface area contributed by atoms with Crippen molar-refractivity contribution in [3.63, 3.8) is 0 Å². The molecule has 70 valence electrons. The third-order valence-corrected chi connectivity index (χ3v) is 2.44. The molecule has 0 saturated heterocycles. The number of rotatable bonds is 2. The highest BCUT2D eigenvalue weighted by molar-refractivity contribution is 9.10. The molecule has 1 aliphatic carbocycles. The summed E-state index contributed by atoms with van der Waals surface area (Å²) in [6, 6.07) is -0.103. The molecule has 0 bridgehead atoms. The third kappa shape index (κ3) is 2.15. The molecule has 0 heterocycles. The summed E-state index contributed by atoms with van der Waals surface area (Å²) < 4.78 is 24.5. The van der Waals surface area contributed by atoms with Gasteiger partial charge in [-0.15, -0.1) is 0 Å². The van der Waals surface area contributed by atoms with Gasteiger partial charge < -0.3 is 5.32 Å². The zero-order chi connectivity index (χ0) is 9.57. The summed E-state index contributed by atoms with van der Waals surface area (Å²) in [5.74, 6) is -1.25. The van der Waals surface area contributed by atoms with Crippen LogP contribution in [-0.4, -0.2) is 16.8 Å². The molecule has 12 heavy (non-hydrogen) atoms. The van der Waals surface area contributed by atoms with E-state index in [2.05, 4.69) is 5.32 Å². The normalized spacial score (nSPS) is 26.6. The first-order chi connectivity index (χ1) is 5.23. The number of alkyl halides is 3. The van der Waals surface area contributed by atoms with Crippen molar-refractivity contribution < 1.29 is 13.6 Å². The largest absolute Gasteiger partial charge is 0.377 e. The fourth-order valence-electron chi connectivity index (χ4n) is 0.954. The van der Waals surface area contributed by atoms with Crippen molar-refractivity contribution in [3.8, 4) is 0 Å². The molecule has 1 N–H and O–H groups in total. The summed E-state index contributed by atoms with van der Waals surface area (Å²) in [5, 5.41) is 2.25. The fraction of sp³-hybridized carbons (Fsp3) is 0.857. The lowest BCUT2D eigenvalue weighted by Gasteiger charge is -2.10. The van der Waals surface area contributed by atoms with Gasteiger partial charge in [0.1, 0.15) is 0 Å². The molecular weight excluding hydrogens is 232 g/mol. The SMILES string of the molecule is CC1(C)CC1NC(=O)C(F)(F)Br. The van der Waals surface area contributed by atoms with Crippen molar-refractivity contribution in [2.75, 3.05) is 0 Å². The smallest absolute Gasteiger partial charge is 0.347 e. The first-order valence-electron chi connectivity index (χ1n) is 3.61. The average molecular weight is 242 g/mol. The molecule has 0 aliphatic heterocycles. The van der Waals surface area contributed by atoms with Gasteiger partial charge in [0.2, 0.25) is 0 Å². The predicted octanol–water partition coefficient (Wildman–Crippen LogP) is 1.89. The standard InChI is InChI=1S/C7H10BrF2NO/c1-6(2)3-4(6)11-5(12)7(8,9)10/h4H,3H2,1-2H3,(H,11,12). The van der Waals surface area contributed by atoms with E-state index in [1.54, 1.807) is 0 Å². The van der Waals surface area contributed by atoms with Gasteiger partial charge in [-0.25, -0.2) is 0 Å². The Kier molecular flexibility index (Phi) is 2.19. The minimum atomic E-state index is -3.44. The molecule has 0 spiro atoms. The molecular formula is C7H10BrF2NO. The van der Waals surface area contributed by atoms with Gasteiger partial charge in [0, 0.05) is 22.0 Å². The molecule has 2 nitrogen and oxygen atoms in total. The second-order valence-electron chi connectivity index (χ2n) is 3.72. The van der Waals surface area contributed by atoms with Crippen LogP contribution in [0.5, 0.6) is 0 Å². The number of hydrogen-bond donors (Lipinski definition) is 1. The highest BCUT2D eigenvalue weighted by Gasteiger charge is 2.49. The van der Waals surface area contributed by atoms with Crippen LogP contribution in [0.3, 0.4) is 0 Å². The van der Waals surface area contributed by atoms with Crippen molar-refractivity contribution in [3.05, 3.63) is 0 Å². The molecule has 1 saturated carbocycles. The quantitative estimate of drug-likeness (QED) is 0.736. The summed E-state index contributed by atoms with van der Waals surface area (Å²) in [6.45, 7) is 3.84. The second-order valence-corrected chi connectivity index (χ2v) is 4.71. The Balaban J connectivity index is 2.40. The molecule has 1 unspecified atom stereocenters. The van der Waals surface area contributed by atoms with Crippen molar-refractivity contribution in [1.82, 2.24) is 5.32 Å². The van der Waals surface area contributed by atoms with Crippen molar-refractivity contribution in [1.29, 1.82) is 0 Å². The molecule has 0 aromatic carbocycles. The van der Waals surface area contributed by atoms with Crippen LogP contribution < -0.4 is 5.32 Å². The number of halogens is 3. The second kappa shape index (κ2) is 2.65. The fourth-order valence-corrected chi connectivity index (χ4v) is 1.07. The molecule has 1 fully saturated rings. The molecule has 1 aliphatic rings. The van der Waals surface area contributed by atoms with E-state index in [0.717, 1.165) is 6.42 Å². The Morgan fingerprint density at radius 3 is 2.33 bits per heavy atom. The van der Waals surface area contributed by atoms with Gasteiger partial charge in [-0.1, -0.05) is 13.8 Å². The van der Waals surface area contributed by atoms with Crippen LogP contribution in [0, 0.1) is 5.41 Å². The van der Waals surface area contributed by atoms with Gasteiger partial charge in [-0.05, 0) is 11.8 Å². The highest BCUT2D eigenvalue weighted by atomic mass is 79.9. The first kappa shape index (κ1) is 9.89. The Hall–Kier alpha value is -0.190. The van der Waals surface area contributed by atoms with E-state index in [1.807, 2.05) is 29.8 Å². The summed E-state index contributed by atoms with van der Waals surface area (Å²) in [6.07, 6.45) is 0.766. The zero-order valence-electron chi connectivity index (χ0n) is 6.83. The lowest BCUT2D eigenvalue weighted by atomic mass is 10.2. The number of carbonyl (C=O) groups is 1. The van der Waals surface area contributed by atoms with E-state index in [0.29, 0.717) is 0 Å². The van der Waals surface area contributed by atoms with Gasteiger partial charge in [0.15, 0.2) is 0 Å². The highest BCUT2D eigenvalue weighted by Crippen LogP contribution is 2.45. The van der Waals surface area contributed by atoms with Gasteiger partial charge >= 0.3 is 10.7 Å². The van der Waals surface area contributed by atoms with Crippen LogP contribution in [0.2, 0.25) is 0 Å². The van der Waals surface area contributed by atoms with E-state index in [4.69, 9.17) is 0 Å². The van der Waals surface area contributed by atoms with Gasteiger partial charge in [-0.2, -0.15) is 8.78 Å². The van der Waals surface area contributed by atoms with Crippen LogP contribution in [0.1, 0.15) is 20.3 Å². The van der Waals surface area contributed by atoms with Crippen molar-refractivity contribution in [2.45, 2.75) is 31.1 Å². The molecule has 1 atom stereocenters. The topological polar surface area (TPSA) is 29.1 Å². The summed E-state index contributed by atoms with van der Waals surface area (Å²) in [5.41, 5.74) is -0.0199. The van der Waals surface area contributed by atoms with Crippen LogP contribution in [0.25, 0.3) is 0 Å². The summed E-state index contributed by atoms with van der Waals surface area (Å²) >= 11 is 1.99. The predicted molar refractivity (Wildman–Crippen MR) is 44.2 cm³/mol. The van der Waals surface area contributed by atoms with Crippen LogP contribution in [-0.2, 0) is 4.79 Å². The zero-order valence-corrected chi connectivity index (χ0v) is 8.41.